The van der Waals surface area contributed by atoms with Gasteiger partial charge in [0, 0.05) is 0 Å². The molecule has 3 nitrogen and oxygen atoms in total. The Morgan fingerprint density at radius 1 is 1.50 bits per heavy atom. The molecule has 0 atom stereocenters. The van der Waals surface area contributed by atoms with Gasteiger partial charge in [0.1, 0.15) is 6.61 Å². The van der Waals surface area contributed by atoms with E-state index in [2.05, 4.69) is 6.07 Å². The summed E-state index contributed by atoms with van der Waals surface area (Å²) in [6, 6.07) is 8.02. The largest absolute Gasteiger partial charge is 0.493 e. The van der Waals surface area contributed by atoms with E-state index >= 15 is 0 Å². The summed E-state index contributed by atoms with van der Waals surface area (Å²) >= 11 is 0. The summed E-state index contributed by atoms with van der Waals surface area (Å²) in [6.45, 7) is 0.280. The first-order chi connectivity index (χ1) is 5.88. The van der Waals surface area contributed by atoms with Gasteiger partial charge in [0.2, 0.25) is 0 Å². The highest BCUT2D eigenvalue weighted by Crippen LogP contribution is 2.24. The SMILES string of the molecule is COc1c[c]ccc1OCCO. The Morgan fingerprint density at radius 2 is 2.33 bits per heavy atom. The Balaban J connectivity index is 2.68. The van der Waals surface area contributed by atoms with Crippen molar-refractivity contribution in [2.24, 2.45) is 0 Å². The number of aliphatic hydroxyl groups excluding tert-OH is 1. The van der Waals surface area contributed by atoms with E-state index in [9.17, 15) is 0 Å². The molecule has 1 radical (unpaired) electrons. The van der Waals surface area contributed by atoms with Crippen LogP contribution < -0.4 is 9.47 Å². The fraction of sp³-hybridized carbons (Fsp3) is 0.333. The zero-order chi connectivity index (χ0) is 8.81. The maximum atomic E-state index is 8.52. The summed E-state index contributed by atoms with van der Waals surface area (Å²) in [6.07, 6.45) is 0. The number of ether oxygens (including phenoxy) is 2. The molecule has 1 rings (SSSR count). The minimum Gasteiger partial charge on any atom is -0.493 e. The molecular formula is C9H11O3. The number of hydrogen-bond acceptors (Lipinski definition) is 3. The average molecular weight is 167 g/mol. The van der Waals surface area contributed by atoms with Crippen LogP contribution in [0.1, 0.15) is 0 Å². The monoisotopic (exact) mass is 167 g/mol. The summed E-state index contributed by atoms with van der Waals surface area (Å²) in [4.78, 5) is 0. The van der Waals surface area contributed by atoms with Crippen LogP contribution in [0.3, 0.4) is 0 Å². The molecule has 0 aliphatic heterocycles. The Morgan fingerprint density at radius 3 is 3.00 bits per heavy atom. The minimum atomic E-state index is 0.00175. The van der Waals surface area contributed by atoms with Gasteiger partial charge in [0.25, 0.3) is 0 Å². The number of methoxy groups -OCH3 is 1. The second-order valence-electron chi connectivity index (χ2n) is 2.15. The van der Waals surface area contributed by atoms with E-state index in [-0.39, 0.29) is 13.2 Å². The maximum Gasteiger partial charge on any atom is 0.161 e. The van der Waals surface area contributed by atoms with E-state index in [1.54, 1.807) is 25.3 Å². The Bertz CT molecular complexity index is 235. The highest BCUT2D eigenvalue weighted by molar-refractivity contribution is 5.38. The van der Waals surface area contributed by atoms with Crippen molar-refractivity contribution in [3.8, 4) is 11.5 Å². The second-order valence-corrected chi connectivity index (χ2v) is 2.15. The molecule has 0 saturated carbocycles. The lowest BCUT2D eigenvalue weighted by Gasteiger charge is -2.07. The van der Waals surface area contributed by atoms with Gasteiger partial charge in [-0.25, -0.2) is 0 Å². The van der Waals surface area contributed by atoms with Crippen LogP contribution in [-0.2, 0) is 0 Å². The van der Waals surface area contributed by atoms with Crippen LogP contribution in [0.4, 0.5) is 0 Å². The lowest BCUT2D eigenvalue weighted by Crippen LogP contribution is -2.02. The minimum absolute atomic E-state index is 0.00175. The fourth-order valence-corrected chi connectivity index (χ4v) is 0.835. The summed E-state index contributed by atoms with van der Waals surface area (Å²) in [7, 11) is 1.56. The van der Waals surface area contributed by atoms with Gasteiger partial charge < -0.3 is 14.6 Å². The van der Waals surface area contributed by atoms with Crippen molar-refractivity contribution in [1.82, 2.24) is 0 Å². The van der Waals surface area contributed by atoms with Crippen molar-refractivity contribution in [3.05, 3.63) is 24.3 Å². The molecule has 0 aliphatic rings. The van der Waals surface area contributed by atoms with E-state index < -0.39 is 0 Å². The standard InChI is InChI=1S/C9H11O3/c1-11-8-4-2-3-5-9(8)12-7-6-10/h3-5,10H,6-7H2,1H3. The summed E-state index contributed by atoms with van der Waals surface area (Å²) < 4.78 is 10.2. The highest BCUT2D eigenvalue weighted by atomic mass is 16.5. The molecule has 1 aromatic carbocycles. The first-order valence-electron chi connectivity index (χ1n) is 3.66. The van der Waals surface area contributed by atoms with E-state index in [0.29, 0.717) is 11.5 Å². The van der Waals surface area contributed by atoms with Gasteiger partial charge in [-0.2, -0.15) is 0 Å². The number of hydrogen-bond donors (Lipinski definition) is 1. The van der Waals surface area contributed by atoms with Crippen molar-refractivity contribution >= 4 is 0 Å². The molecule has 65 valence electrons. The predicted octanol–water partition coefficient (Wildman–Crippen LogP) is 0.866. The van der Waals surface area contributed by atoms with Crippen LogP contribution in [0.15, 0.2) is 18.2 Å². The molecule has 3 heteroatoms. The molecule has 0 amide bonds. The van der Waals surface area contributed by atoms with Crippen LogP contribution in [0.5, 0.6) is 11.5 Å². The highest BCUT2D eigenvalue weighted by Gasteiger charge is 2.00. The van der Waals surface area contributed by atoms with Crippen LogP contribution in [-0.4, -0.2) is 25.4 Å². The van der Waals surface area contributed by atoms with Gasteiger partial charge in [-0.15, -0.1) is 0 Å². The van der Waals surface area contributed by atoms with Crippen molar-refractivity contribution < 1.29 is 14.6 Å². The van der Waals surface area contributed by atoms with E-state index in [0.717, 1.165) is 0 Å². The van der Waals surface area contributed by atoms with Crippen LogP contribution in [0.2, 0.25) is 0 Å². The molecule has 0 bridgehead atoms. The fourth-order valence-electron chi connectivity index (χ4n) is 0.835. The molecule has 0 saturated heterocycles. The first kappa shape index (κ1) is 8.87. The van der Waals surface area contributed by atoms with Crippen LogP contribution >= 0.6 is 0 Å². The molecule has 0 aliphatic carbocycles. The van der Waals surface area contributed by atoms with Crippen molar-refractivity contribution in [2.75, 3.05) is 20.3 Å². The van der Waals surface area contributed by atoms with E-state index in [1.807, 2.05) is 0 Å². The van der Waals surface area contributed by atoms with Gasteiger partial charge in [0.05, 0.1) is 13.7 Å². The van der Waals surface area contributed by atoms with E-state index in [4.69, 9.17) is 14.6 Å². The van der Waals surface area contributed by atoms with Crippen molar-refractivity contribution in [1.29, 1.82) is 0 Å². The normalized spacial score (nSPS) is 9.50. The van der Waals surface area contributed by atoms with Gasteiger partial charge >= 0.3 is 0 Å². The van der Waals surface area contributed by atoms with Crippen LogP contribution in [0, 0.1) is 6.07 Å². The molecular weight excluding hydrogens is 156 g/mol. The molecule has 0 heterocycles. The Hall–Kier alpha value is -1.22. The first-order valence-corrected chi connectivity index (χ1v) is 3.66. The molecule has 0 aromatic heterocycles. The summed E-state index contributed by atoms with van der Waals surface area (Å²) in [5, 5.41) is 8.52. The summed E-state index contributed by atoms with van der Waals surface area (Å²) in [5.41, 5.74) is 0. The predicted molar refractivity (Wildman–Crippen MR) is 44.4 cm³/mol. The average Bonchev–Trinajstić information content (AvgIpc) is 2.15. The smallest absolute Gasteiger partial charge is 0.161 e. The number of rotatable bonds is 4. The molecule has 0 unspecified atom stereocenters. The molecule has 1 aromatic rings. The van der Waals surface area contributed by atoms with Gasteiger partial charge in [-0.05, 0) is 18.2 Å². The third-order valence-corrected chi connectivity index (χ3v) is 1.36. The molecule has 12 heavy (non-hydrogen) atoms. The zero-order valence-electron chi connectivity index (χ0n) is 6.91. The van der Waals surface area contributed by atoms with Crippen LogP contribution in [0.25, 0.3) is 0 Å². The van der Waals surface area contributed by atoms with Crippen molar-refractivity contribution in [3.63, 3.8) is 0 Å². The number of benzene rings is 1. The van der Waals surface area contributed by atoms with Crippen molar-refractivity contribution in [2.45, 2.75) is 0 Å². The Kier molecular flexibility index (Phi) is 3.41. The maximum absolute atomic E-state index is 8.52. The molecule has 1 N–H and O–H groups in total. The lowest BCUT2D eigenvalue weighted by molar-refractivity contribution is 0.196. The molecule has 0 fully saturated rings. The third kappa shape index (κ3) is 2.13. The Labute approximate surface area is 71.5 Å². The third-order valence-electron chi connectivity index (χ3n) is 1.36. The van der Waals surface area contributed by atoms with Gasteiger partial charge in [0.15, 0.2) is 11.5 Å². The quantitative estimate of drug-likeness (QED) is 0.723. The second kappa shape index (κ2) is 4.62. The van der Waals surface area contributed by atoms with E-state index in [1.165, 1.54) is 0 Å². The molecule has 0 spiro atoms. The topological polar surface area (TPSA) is 38.7 Å². The zero-order valence-corrected chi connectivity index (χ0v) is 6.91. The number of aliphatic hydroxyl groups is 1. The lowest BCUT2D eigenvalue weighted by atomic mass is 10.3. The van der Waals surface area contributed by atoms with Gasteiger partial charge in [-0.3, -0.25) is 0 Å². The van der Waals surface area contributed by atoms with Gasteiger partial charge in [-0.1, -0.05) is 6.07 Å². The summed E-state index contributed by atoms with van der Waals surface area (Å²) in [5.74, 6) is 1.26.